The van der Waals surface area contributed by atoms with Gasteiger partial charge in [-0.3, -0.25) is 4.68 Å². The Morgan fingerprint density at radius 1 is 1.41 bits per heavy atom. The highest BCUT2D eigenvalue weighted by Gasteiger charge is 2.33. The number of aryl methyl sites for hydroxylation is 2. The Balaban J connectivity index is 0.00000176. The van der Waals surface area contributed by atoms with Gasteiger partial charge < -0.3 is 14.5 Å². The fraction of sp³-hybridized carbons (Fsp3) is 0.600. The largest absolute Gasteiger partial charge is 0.451 e. The summed E-state index contributed by atoms with van der Waals surface area (Å²) in [7, 11) is 1.98. The van der Waals surface area contributed by atoms with Crippen molar-refractivity contribution in [1.82, 2.24) is 20.1 Å². The second-order valence-corrected chi connectivity index (χ2v) is 5.66. The van der Waals surface area contributed by atoms with Crippen LogP contribution in [0, 0.1) is 19.8 Å². The molecule has 1 fully saturated rings. The molecule has 0 aliphatic carbocycles. The number of nitrogens with zero attached hydrogens (tertiary/aromatic N) is 3. The average molecular weight is 327 g/mol. The van der Waals surface area contributed by atoms with Gasteiger partial charge in [-0.1, -0.05) is 0 Å². The van der Waals surface area contributed by atoms with Gasteiger partial charge >= 0.3 is 0 Å². The Kier molecular flexibility index (Phi) is 5.61. The van der Waals surface area contributed by atoms with Gasteiger partial charge in [-0.05, 0) is 20.3 Å². The van der Waals surface area contributed by atoms with E-state index >= 15 is 0 Å². The van der Waals surface area contributed by atoms with E-state index in [0.717, 1.165) is 37.5 Å². The van der Waals surface area contributed by atoms with E-state index in [-0.39, 0.29) is 18.5 Å². The van der Waals surface area contributed by atoms with E-state index in [2.05, 4.69) is 29.2 Å². The summed E-state index contributed by atoms with van der Waals surface area (Å²) in [5.74, 6) is 0.471. The van der Waals surface area contributed by atoms with Gasteiger partial charge in [0, 0.05) is 43.9 Å². The zero-order valence-corrected chi connectivity index (χ0v) is 14.0. The minimum Gasteiger partial charge on any atom is -0.451 e. The Bertz CT molecular complexity index is 597. The molecule has 0 bridgehead atoms. The Morgan fingerprint density at radius 2 is 2.23 bits per heavy atom. The van der Waals surface area contributed by atoms with Gasteiger partial charge in [0.05, 0.1) is 17.5 Å². The lowest BCUT2D eigenvalue weighted by atomic mass is 9.94. The minimum atomic E-state index is 0. The van der Waals surface area contributed by atoms with Crippen LogP contribution in [0.4, 0.5) is 0 Å². The van der Waals surface area contributed by atoms with Gasteiger partial charge in [-0.25, -0.2) is 4.98 Å². The molecule has 1 N–H and O–H groups in total. The third-order valence-electron chi connectivity index (χ3n) is 4.26. The summed E-state index contributed by atoms with van der Waals surface area (Å²) in [4.78, 5) is 4.12. The van der Waals surface area contributed by atoms with Crippen LogP contribution in [0.2, 0.25) is 0 Å². The average Bonchev–Trinajstić information content (AvgIpc) is 3.15. The molecule has 2 atom stereocenters. The highest BCUT2D eigenvalue weighted by molar-refractivity contribution is 5.85. The quantitative estimate of drug-likeness (QED) is 0.913. The van der Waals surface area contributed by atoms with E-state index in [1.807, 2.05) is 11.7 Å². The second-order valence-electron chi connectivity index (χ2n) is 5.66. The SMILES string of the molecule is Cc1nn(C)c(C)c1[C@@H]1OCC[C@H]1CNCc1cocn1.Cl. The summed E-state index contributed by atoms with van der Waals surface area (Å²) >= 11 is 0. The maximum atomic E-state index is 5.99. The minimum absolute atomic E-state index is 0. The first-order chi connectivity index (χ1) is 10.2. The number of nitrogens with one attached hydrogen (secondary N) is 1. The van der Waals surface area contributed by atoms with Gasteiger partial charge in [-0.2, -0.15) is 5.10 Å². The van der Waals surface area contributed by atoms with Crippen molar-refractivity contribution in [3.8, 4) is 0 Å². The fourth-order valence-electron chi connectivity index (χ4n) is 3.07. The van der Waals surface area contributed by atoms with Crippen molar-refractivity contribution in [3.05, 3.63) is 35.3 Å². The number of rotatable bonds is 5. The molecule has 0 amide bonds. The molecule has 6 nitrogen and oxygen atoms in total. The van der Waals surface area contributed by atoms with E-state index in [9.17, 15) is 0 Å². The Hall–Kier alpha value is -1.37. The Morgan fingerprint density at radius 3 is 2.86 bits per heavy atom. The molecule has 0 radical (unpaired) electrons. The summed E-state index contributed by atoms with van der Waals surface area (Å²) in [6, 6.07) is 0. The van der Waals surface area contributed by atoms with E-state index in [1.165, 1.54) is 17.7 Å². The molecule has 0 aromatic carbocycles. The monoisotopic (exact) mass is 326 g/mol. The standard InChI is InChI=1S/C15H22N4O2.ClH/c1-10-14(11(2)19(3)18-10)15-12(4-5-21-15)6-16-7-13-8-20-9-17-13;/h8-9,12,15-16H,4-7H2,1-3H3;1H/t12-,15+;/m0./s1. The van der Waals surface area contributed by atoms with Crippen molar-refractivity contribution < 1.29 is 9.15 Å². The molecule has 0 spiro atoms. The van der Waals surface area contributed by atoms with Crippen molar-refractivity contribution in [2.24, 2.45) is 13.0 Å². The maximum absolute atomic E-state index is 5.99. The van der Waals surface area contributed by atoms with Crippen LogP contribution < -0.4 is 5.32 Å². The molecule has 2 aromatic rings. The van der Waals surface area contributed by atoms with Crippen LogP contribution in [0.15, 0.2) is 17.1 Å². The molecule has 2 aromatic heterocycles. The molecule has 122 valence electrons. The van der Waals surface area contributed by atoms with Crippen LogP contribution in [0.5, 0.6) is 0 Å². The highest BCUT2D eigenvalue weighted by atomic mass is 35.5. The Labute approximate surface area is 136 Å². The molecule has 3 heterocycles. The first-order valence-electron chi connectivity index (χ1n) is 7.36. The lowest BCUT2D eigenvalue weighted by Gasteiger charge is -2.19. The number of oxazole rings is 1. The molecular weight excluding hydrogens is 304 g/mol. The summed E-state index contributed by atoms with van der Waals surface area (Å²) in [5, 5.41) is 7.95. The maximum Gasteiger partial charge on any atom is 0.180 e. The van der Waals surface area contributed by atoms with Crippen molar-refractivity contribution in [3.63, 3.8) is 0 Å². The first kappa shape index (κ1) is 17.0. The summed E-state index contributed by atoms with van der Waals surface area (Å²) in [6.45, 7) is 6.62. The predicted octanol–water partition coefficient (Wildman–Crippen LogP) is 2.31. The molecule has 3 rings (SSSR count). The third kappa shape index (κ3) is 3.34. The smallest absolute Gasteiger partial charge is 0.180 e. The zero-order valence-electron chi connectivity index (χ0n) is 13.2. The lowest BCUT2D eigenvalue weighted by molar-refractivity contribution is 0.0893. The van der Waals surface area contributed by atoms with Crippen molar-refractivity contribution in [2.45, 2.75) is 32.9 Å². The van der Waals surface area contributed by atoms with Gasteiger partial charge in [-0.15, -0.1) is 12.4 Å². The topological polar surface area (TPSA) is 65.1 Å². The van der Waals surface area contributed by atoms with Crippen molar-refractivity contribution >= 4 is 12.4 Å². The first-order valence-corrected chi connectivity index (χ1v) is 7.36. The van der Waals surface area contributed by atoms with Crippen molar-refractivity contribution in [1.29, 1.82) is 0 Å². The van der Waals surface area contributed by atoms with E-state index < -0.39 is 0 Å². The van der Waals surface area contributed by atoms with Crippen molar-refractivity contribution in [2.75, 3.05) is 13.2 Å². The molecule has 1 aliphatic heterocycles. The van der Waals surface area contributed by atoms with E-state index in [0.29, 0.717) is 5.92 Å². The van der Waals surface area contributed by atoms with Gasteiger partial charge in [0.1, 0.15) is 6.26 Å². The van der Waals surface area contributed by atoms with E-state index in [1.54, 1.807) is 6.26 Å². The molecular formula is C15H23ClN4O2. The number of hydrogen-bond acceptors (Lipinski definition) is 5. The van der Waals surface area contributed by atoms with Crippen LogP contribution in [0.25, 0.3) is 0 Å². The molecule has 7 heteroatoms. The van der Waals surface area contributed by atoms with Gasteiger partial charge in [0.25, 0.3) is 0 Å². The predicted molar refractivity (Wildman–Crippen MR) is 84.9 cm³/mol. The highest BCUT2D eigenvalue weighted by Crippen LogP contribution is 2.37. The molecule has 0 saturated carbocycles. The number of hydrogen-bond donors (Lipinski definition) is 1. The van der Waals surface area contributed by atoms with Crippen LogP contribution in [0.3, 0.4) is 0 Å². The number of ether oxygens (including phenoxy) is 1. The fourth-order valence-corrected chi connectivity index (χ4v) is 3.07. The lowest BCUT2D eigenvalue weighted by Crippen LogP contribution is -2.25. The molecule has 1 aliphatic rings. The van der Waals surface area contributed by atoms with Crippen LogP contribution in [-0.4, -0.2) is 27.9 Å². The van der Waals surface area contributed by atoms with Crippen LogP contribution in [-0.2, 0) is 18.3 Å². The third-order valence-corrected chi connectivity index (χ3v) is 4.26. The molecule has 22 heavy (non-hydrogen) atoms. The van der Waals surface area contributed by atoms with Gasteiger partial charge in [0.15, 0.2) is 6.39 Å². The summed E-state index contributed by atoms with van der Waals surface area (Å²) < 4.78 is 12.9. The summed E-state index contributed by atoms with van der Waals surface area (Å²) in [6.07, 6.45) is 4.35. The second kappa shape index (κ2) is 7.26. The molecule has 0 unspecified atom stereocenters. The van der Waals surface area contributed by atoms with Crippen LogP contribution >= 0.6 is 12.4 Å². The zero-order chi connectivity index (χ0) is 14.8. The van der Waals surface area contributed by atoms with Crippen LogP contribution in [0.1, 0.15) is 35.2 Å². The summed E-state index contributed by atoms with van der Waals surface area (Å²) in [5.41, 5.74) is 4.45. The normalized spacial score (nSPS) is 21.0. The van der Waals surface area contributed by atoms with E-state index in [4.69, 9.17) is 9.15 Å². The molecule has 1 saturated heterocycles. The number of halogens is 1. The van der Waals surface area contributed by atoms with Gasteiger partial charge in [0.2, 0.25) is 0 Å². The number of aromatic nitrogens is 3.